The van der Waals surface area contributed by atoms with Gasteiger partial charge in [-0.3, -0.25) is 4.79 Å². The fourth-order valence-corrected chi connectivity index (χ4v) is 10.1. The van der Waals surface area contributed by atoms with Crippen molar-refractivity contribution in [1.82, 2.24) is 0 Å². The largest absolute Gasteiger partial charge is 0.744 e. The van der Waals surface area contributed by atoms with Gasteiger partial charge in [-0.05, 0) is 75.2 Å². The van der Waals surface area contributed by atoms with E-state index in [2.05, 4.69) is 4.74 Å². The van der Waals surface area contributed by atoms with Crippen molar-refractivity contribution in [2.45, 2.75) is 33.9 Å². The summed E-state index contributed by atoms with van der Waals surface area (Å²) in [6.45, 7) is 0. The molecule has 0 N–H and O–H groups in total. The van der Waals surface area contributed by atoms with Crippen LogP contribution in [0.15, 0.2) is 137 Å². The van der Waals surface area contributed by atoms with Crippen LogP contribution in [0.1, 0.15) is 45.6 Å². The Labute approximate surface area is 326 Å². The van der Waals surface area contributed by atoms with Gasteiger partial charge in [0.2, 0.25) is 0 Å². The second kappa shape index (κ2) is 13.6. The van der Waals surface area contributed by atoms with Crippen LogP contribution in [0.25, 0.3) is 10.8 Å². The first-order valence-electron chi connectivity index (χ1n) is 16.6. The monoisotopic (exact) mass is 897 g/mol. The highest BCUT2D eigenvalue weighted by molar-refractivity contribution is 14.1. The minimum atomic E-state index is -5.54. The van der Waals surface area contributed by atoms with Gasteiger partial charge in [0.25, 0.3) is 0 Å². The molecule has 0 heterocycles. The molecule has 55 heavy (non-hydrogen) atoms. The van der Waals surface area contributed by atoms with Gasteiger partial charge < -0.3 is 18.2 Å². The van der Waals surface area contributed by atoms with Crippen molar-refractivity contribution < 1.29 is 53.0 Å². The SMILES string of the molecule is O=C(Oc1cc(OC(F)(F)F)c(S(=O)(=O)[O-])c2ccccc12)C1C2c3ccccc3C(c3ccccc32)C1c1ccccc1OS(=O)(=O)c1ccc(I)cc1. The molecule has 0 radical (unpaired) electrons. The van der Waals surface area contributed by atoms with E-state index in [1.54, 1.807) is 30.3 Å². The normalized spacial score (nSPS) is 19.0. The molecular weight excluding hydrogens is 872 g/mol. The number of esters is 1. The molecule has 0 amide bonds. The van der Waals surface area contributed by atoms with Gasteiger partial charge in [-0.1, -0.05) is 91.0 Å². The van der Waals surface area contributed by atoms with Crippen LogP contribution in [-0.4, -0.2) is 33.7 Å². The zero-order valence-corrected chi connectivity index (χ0v) is 31.7. The number of para-hydroxylation sites is 1. The van der Waals surface area contributed by atoms with Crippen LogP contribution >= 0.6 is 22.6 Å². The Kier molecular flexibility index (Phi) is 9.18. The van der Waals surface area contributed by atoms with Crippen LogP contribution in [0.3, 0.4) is 0 Å². The van der Waals surface area contributed by atoms with E-state index < -0.39 is 78.0 Å². The van der Waals surface area contributed by atoms with Crippen LogP contribution in [0.4, 0.5) is 13.2 Å². The molecule has 15 heteroatoms. The van der Waals surface area contributed by atoms with Crippen LogP contribution in [0.5, 0.6) is 17.2 Å². The number of alkyl halides is 3. The average molecular weight is 898 g/mol. The lowest BCUT2D eigenvalue weighted by atomic mass is 9.53. The lowest BCUT2D eigenvalue weighted by molar-refractivity contribution is -0.275. The molecule has 2 bridgehead atoms. The maximum absolute atomic E-state index is 14.9. The average Bonchev–Trinajstić information content (AvgIpc) is 3.13. The van der Waals surface area contributed by atoms with Gasteiger partial charge in [-0.2, -0.15) is 8.42 Å². The summed E-state index contributed by atoms with van der Waals surface area (Å²) in [6.07, 6.45) is -5.41. The van der Waals surface area contributed by atoms with Gasteiger partial charge in [0, 0.05) is 43.7 Å². The molecule has 3 aliphatic carbocycles. The van der Waals surface area contributed by atoms with E-state index in [0.29, 0.717) is 11.6 Å². The van der Waals surface area contributed by atoms with Crippen molar-refractivity contribution in [3.05, 3.63) is 159 Å². The molecule has 6 aromatic rings. The minimum Gasteiger partial charge on any atom is -0.744 e. The van der Waals surface area contributed by atoms with E-state index in [9.17, 15) is 39.4 Å². The first-order valence-corrected chi connectivity index (χ1v) is 20.5. The summed E-state index contributed by atoms with van der Waals surface area (Å²) < 4.78 is 122. The van der Waals surface area contributed by atoms with E-state index in [1.807, 2.05) is 71.1 Å². The summed E-state index contributed by atoms with van der Waals surface area (Å²) in [5, 5.41) is -0.579. The predicted octanol–water partition coefficient (Wildman–Crippen LogP) is 8.61. The van der Waals surface area contributed by atoms with E-state index in [0.717, 1.165) is 31.9 Å². The lowest BCUT2D eigenvalue weighted by Gasteiger charge is -2.50. The smallest absolute Gasteiger partial charge is 0.573 e. The Morgan fingerprint density at radius 3 is 1.71 bits per heavy atom. The third kappa shape index (κ3) is 6.72. The lowest BCUT2D eigenvalue weighted by Crippen LogP contribution is -2.44. The number of fused-ring (bicyclic) bond motifs is 2. The first-order chi connectivity index (χ1) is 26.1. The van der Waals surface area contributed by atoms with Crippen molar-refractivity contribution in [3.8, 4) is 17.2 Å². The number of hydrogen-bond donors (Lipinski definition) is 0. The van der Waals surface area contributed by atoms with Crippen molar-refractivity contribution >= 4 is 59.6 Å². The zero-order valence-electron chi connectivity index (χ0n) is 27.9. The number of carbonyl (C=O) groups is 1. The van der Waals surface area contributed by atoms with Crippen molar-refractivity contribution in [2.24, 2.45) is 5.92 Å². The molecule has 9 rings (SSSR count). The molecule has 9 nitrogen and oxygen atoms in total. The number of carbonyl (C=O) groups excluding carboxylic acids is 1. The molecule has 6 aromatic carbocycles. The molecule has 0 saturated carbocycles. The van der Waals surface area contributed by atoms with Crippen molar-refractivity contribution in [3.63, 3.8) is 0 Å². The van der Waals surface area contributed by atoms with Gasteiger partial charge in [0.1, 0.15) is 31.4 Å². The Morgan fingerprint density at radius 1 is 0.636 bits per heavy atom. The highest BCUT2D eigenvalue weighted by Gasteiger charge is 2.54. The summed E-state index contributed by atoms with van der Waals surface area (Å²) in [6, 6.07) is 33.2. The van der Waals surface area contributed by atoms with Gasteiger partial charge >= 0.3 is 22.4 Å². The standard InChI is InChI=1S/C40H26F3IO9S2/c41-40(42,43)52-33-21-32(24-9-1-6-14-29(24)38(33)54(46,47)48)51-39(45)37-35-27-12-4-2-10-25(27)34(26-11-3-5-13-28(26)35)36(37)30-15-7-8-16-31(30)53-55(49,50)23-19-17-22(44)18-20-23/h1-21,34-37H,(H,46,47,48)/p-1. The second-order valence-corrected chi connectivity index (χ2v) is 17.1. The van der Waals surface area contributed by atoms with Crippen molar-refractivity contribution in [1.29, 1.82) is 0 Å². The molecule has 0 aliphatic heterocycles. The molecule has 280 valence electrons. The molecule has 2 atom stereocenters. The summed E-state index contributed by atoms with van der Waals surface area (Å²) in [5.41, 5.74) is 3.72. The van der Waals surface area contributed by atoms with Crippen LogP contribution in [0, 0.1) is 9.49 Å². The number of rotatable bonds is 8. The third-order valence-electron chi connectivity index (χ3n) is 9.90. The van der Waals surface area contributed by atoms with Crippen molar-refractivity contribution in [2.75, 3.05) is 0 Å². The Morgan fingerprint density at radius 2 is 1.15 bits per heavy atom. The molecular formula is C40H25F3IO9S2-. The molecule has 0 spiro atoms. The number of halogens is 4. The second-order valence-electron chi connectivity index (χ2n) is 13.0. The first kappa shape index (κ1) is 37.0. The molecule has 0 saturated heterocycles. The highest BCUT2D eigenvalue weighted by atomic mass is 127. The fourth-order valence-electron chi connectivity index (χ4n) is 7.94. The van der Waals surface area contributed by atoms with Gasteiger partial charge in [0.15, 0.2) is 5.75 Å². The fraction of sp³-hybridized carbons (Fsp3) is 0.125. The van der Waals surface area contributed by atoms with Gasteiger partial charge in [0.05, 0.1) is 5.92 Å². The summed E-state index contributed by atoms with van der Waals surface area (Å²) in [4.78, 5) is 13.6. The third-order valence-corrected chi connectivity index (χ3v) is 12.8. The van der Waals surface area contributed by atoms with Gasteiger partial charge in [-0.25, -0.2) is 8.42 Å². The number of ether oxygens (including phenoxy) is 2. The Hall–Kier alpha value is -4.97. The quantitative estimate of drug-likeness (QED) is 0.0484. The number of benzene rings is 6. The predicted molar refractivity (Wildman–Crippen MR) is 200 cm³/mol. The van der Waals surface area contributed by atoms with Crippen LogP contribution in [0.2, 0.25) is 0 Å². The van der Waals surface area contributed by atoms with E-state index >= 15 is 0 Å². The highest BCUT2D eigenvalue weighted by Crippen LogP contribution is 2.63. The topological polar surface area (TPSA) is 136 Å². The van der Waals surface area contributed by atoms with E-state index in [-0.39, 0.29) is 16.0 Å². The van der Waals surface area contributed by atoms with Gasteiger partial charge in [-0.15, -0.1) is 13.2 Å². The Balaban J connectivity index is 1.31. The number of hydrogen-bond acceptors (Lipinski definition) is 9. The molecule has 2 unspecified atom stereocenters. The maximum Gasteiger partial charge on any atom is 0.573 e. The maximum atomic E-state index is 14.9. The Bertz CT molecular complexity index is 2690. The minimum absolute atomic E-state index is 0.0392. The molecule has 0 aromatic heterocycles. The zero-order chi connectivity index (χ0) is 38.9. The van der Waals surface area contributed by atoms with E-state index in [4.69, 9.17) is 8.92 Å². The van der Waals surface area contributed by atoms with Crippen LogP contribution < -0.4 is 13.7 Å². The van der Waals surface area contributed by atoms with E-state index in [1.165, 1.54) is 36.4 Å². The van der Waals surface area contributed by atoms with Crippen LogP contribution in [-0.2, 0) is 25.0 Å². The molecule has 0 fully saturated rings. The molecule has 3 aliphatic rings. The summed E-state index contributed by atoms with van der Waals surface area (Å²) >= 11 is 2.05. The summed E-state index contributed by atoms with van der Waals surface area (Å²) in [5.74, 6) is -6.01. The summed E-state index contributed by atoms with van der Waals surface area (Å²) in [7, 11) is -9.91.